The van der Waals surface area contributed by atoms with E-state index in [-0.39, 0.29) is 5.97 Å². The van der Waals surface area contributed by atoms with E-state index in [9.17, 15) is 4.79 Å². The highest BCUT2D eigenvalue weighted by molar-refractivity contribution is 5.71. The van der Waals surface area contributed by atoms with Crippen LogP contribution in [-0.4, -0.2) is 37.1 Å². The van der Waals surface area contributed by atoms with Crippen LogP contribution >= 0.6 is 0 Å². The molecule has 3 heteroatoms. The molecule has 134 valence electrons. The molecule has 0 fully saturated rings. The Morgan fingerprint density at radius 2 is 1.52 bits per heavy atom. The van der Waals surface area contributed by atoms with Crippen LogP contribution in [0.15, 0.2) is 60.7 Å². The third kappa shape index (κ3) is 6.35. The Bertz CT molecular complexity index is 573. The molecule has 0 bridgehead atoms. The van der Waals surface area contributed by atoms with Gasteiger partial charge in [-0.3, -0.25) is 9.69 Å². The number of hydrogen-bond acceptors (Lipinski definition) is 3. The van der Waals surface area contributed by atoms with Crippen molar-refractivity contribution in [3.8, 4) is 0 Å². The SMILES string of the molecule is CCOC(=O)CN(CC)CCCC(c1ccccc1)c1ccccc1. The lowest BCUT2D eigenvalue weighted by atomic mass is 9.87. The van der Waals surface area contributed by atoms with E-state index in [0.717, 1.165) is 25.9 Å². The average molecular weight is 339 g/mol. The predicted molar refractivity (Wildman–Crippen MR) is 103 cm³/mol. The quantitative estimate of drug-likeness (QED) is 0.598. The van der Waals surface area contributed by atoms with Gasteiger partial charge in [-0.15, -0.1) is 0 Å². The minimum atomic E-state index is -0.132. The highest BCUT2D eigenvalue weighted by Crippen LogP contribution is 2.29. The second-order valence-electron chi connectivity index (χ2n) is 6.19. The van der Waals surface area contributed by atoms with E-state index in [2.05, 4.69) is 72.5 Å². The van der Waals surface area contributed by atoms with Crippen LogP contribution in [0.3, 0.4) is 0 Å². The van der Waals surface area contributed by atoms with Gasteiger partial charge < -0.3 is 4.74 Å². The maximum atomic E-state index is 11.7. The van der Waals surface area contributed by atoms with Gasteiger partial charge in [-0.05, 0) is 44.0 Å². The number of nitrogens with zero attached hydrogens (tertiary/aromatic N) is 1. The molecule has 0 amide bonds. The Morgan fingerprint density at radius 3 is 2.00 bits per heavy atom. The van der Waals surface area contributed by atoms with Crippen LogP contribution in [0.25, 0.3) is 0 Å². The molecule has 2 aromatic rings. The van der Waals surface area contributed by atoms with Crippen LogP contribution in [-0.2, 0) is 9.53 Å². The molecule has 0 saturated heterocycles. The maximum absolute atomic E-state index is 11.7. The fourth-order valence-corrected chi connectivity index (χ4v) is 3.15. The molecule has 25 heavy (non-hydrogen) atoms. The van der Waals surface area contributed by atoms with Gasteiger partial charge in [0.05, 0.1) is 13.2 Å². The molecule has 3 nitrogen and oxygen atoms in total. The number of hydrogen-bond donors (Lipinski definition) is 0. The molecular weight excluding hydrogens is 310 g/mol. The van der Waals surface area contributed by atoms with Crippen molar-refractivity contribution in [2.24, 2.45) is 0 Å². The topological polar surface area (TPSA) is 29.5 Å². The first-order valence-corrected chi connectivity index (χ1v) is 9.22. The Labute approximate surface area is 151 Å². The summed E-state index contributed by atoms with van der Waals surface area (Å²) in [6.07, 6.45) is 2.11. The van der Waals surface area contributed by atoms with Crippen molar-refractivity contribution in [3.63, 3.8) is 0 Å². The zero-order valence-electron chi connectivity index (χ0n) is 15.4. The molecule has 0 aliphatic rings. The Kier molecular flexibility index (Phi) is 8.20. The molecule has 0 aromatic heterocycles. The number of esters is 1. The summed E-state index contributed by atoms with van der Waals surface area (Å²) in [5.41, 5.74) is 2.70. The highest BCUT2D eigenvalue weighted by Gasteiger charge is 2.15. The van der Waals surface area contributed by atoms with Crippen LogP contribution in [0.1, 0.15) is 43.7 Å². The molecule has 0 unspecified atom stereocenters. The zero-order valence-corrected chi connectivity index (χ0v) is 15.4. The van der Waals surface area contributed by atoms with Crippen LogP contribution in [0.2, 0.25) is 0 Å². The number of benzene rings is 2. The van der Waals surface area contributed by atoms with E-state index < -0.39 is 0 Å². The van der Waals surface area contributed by atoms with Crippen molar-refractivity contribution in [2.45, 2.75) is 32.6 Å². The predicted octanol–water partition coefficient (Wildman–Crippen LogP) is 4.48. The van der Waals surface area contributed by atoms with E-state index >= 15 is 0 Å². The molecule has 0 saturated carbocycles. The van der Waals surface area contributed by atoms with Crippen molar-refractivity contribution in [2.75, 3.05) is 26.2 Å². The third-order valence-electron chi connectivity index (χ3n) is 4.48. The molecular formula is C22H29NO2. The number of carbonyl (C=O) groups excluding carboxylic acids is 1. The smallest absolute Gasteiger partial charge is 0.320 e. The highest BCUT2D eigenvalue weighted by atomic mass is 16.5. The largest absolute Gasteiger partial charge is 0.465 e. The van der Waals surface area contributed by atoms with Gasteiger partial charge in [-0.25, -0.2) is 0 Å². The summed E-state index contributed by atoms with van der Waals surface area (Å²) in [6.45, 7) is 6.53. The molecule has 0 spiro atoms. The molecule has 0 N–H and O–H groups in total. The first-order chi connectivity index (χ1) is 12.2. The van der Waals surface area contributed by atoms with Gasteiger partial charge in [0.15, 0.2) is 0 Å². The summed E-state index contributed by atoms with van der Waals surface area (Å²) in [5.74, 6) is 0.260. The molecule has 0 aliphatic heterocycles. The van der Waals surface area contributed by atoms with E-state index in [1.54, 1.807) is 0 Å². The van der Waals surface area contributed by atoms with E-state index in [1.165, 1.54) is 11.1 Å². The summed E-state index contributed by atoms with van der Waals surface area (Å²) >= 11 is 0. The van der Waals surface area contributed by atoms with Gasteiger partial charge in [0.25, 0.3) is 0 Å². The summed E-state index contributed by atoms with van der Waals surface area (Å²) in [4.78, 5) is 13.8. The van der Waals surface area contributed by atoms with Crippen molar-refractivity contribution < 1.29 is 9.53 Å². The van der Waals surface area contributed by atoms with Gasteiger partial charge in [0.2, 0.25) is 0 Å². The lowest BCUT2D eigenvalue weighted by Crippen LogP contribution is -2.32. The minimum absolute atomic E-state index is 0.132. The van der Waals surface area contributed by atoms with Crippen molar-refractivity contribution >= 4 is 5.97 Å². The molecule has 2 aromatic carbocycles. The van der Waals surface area contributed by atoms with Gasteiger partial charge in [0, 0.05) is 5.92 Å². The maximum Gasteiger partial charge on any atom is 0.320 e. The lowest BCUT2D eigenvalue weighted by Gasteiger charge is -2.22. The summed E-state index contributed by atoms with van der Waals surface area (Å²) in [6, 6.07) is 21.3. The normalized spacial score (nSPS) is 11.0. The Balaban J connectivity index is 1.97. The molecule has 0 atom stereocenters. The van der Waals surface area contributed by atoms with Crippen molar-refractivity contribution in [1.29, 1.82) is 0 Å². The number of likely N-dealkylation sites (N-methyl/N-ethyl adjacent to an activating group) is 1. The fraction of sp³-hybridized carbons (Fsp3) is 0.409. The molecule has 0 aliphatic carbocycles. The zero-order chi connectivity index (χ0) is 17.9. The van der Waals surface area contributed by atoms with Gasteiger partial charge in [-0.1, -0.05) is 67.6 Å². The van der Waals surface area contributed by atoms with Gasteiger partial charge >= 0.3 is 5.97 Å². The summed E-state index contributed by atoms with van der Waals surface area (Å²) in [5, 5.41) is 0. The van der Waals surface area contributed by atoms with E-state index in [4.69, 9.17) is 4.74 Å². The molecule has 0 radical (unpaired) electrons. The van der Waals surface area contributed by atoms with E-state index in [1.807, 2.05) is 6.92 Å². The minimum Gasteiger partial charge on any atom is -0.465 e. The second-order valence-corrected chi connectivity index (χ2v) is 6.19. The van der Waals surface area contributed by atoms with Crippen molar-refractivity contribution in [3.05, 3.63) is 71.8 Å². The first-order valence-electron chi connectivity index (χ1n) is 9.22. The number of carbonyl (C=O) groups is 1. The fourth-order valence-electron chi connectivity index (χ4n) is 3.15. The first kappa shape index (κ1) is 19.2. The van der Waals surface area contributed by atoms with Crippen LogP contribution in [0, 0.1) is 0 Å². The number of rotatable bonds is 10. The molecule has 0 heterocycles. The standard InChI is InChI=1S/C22H29NO2/c1-3-23(18-22(24)25-4-2)17-11-16-21(19-12-7-5-8-13-19)20-14-9-6-10-15-20/h5-10,12-15,21H,3-4,11,16-18H2,1-2H3. The van der Waals surface area contributed by atoms with E-state index in [0.29, 0.717) is 19.1 Å². The second kappa shape index (κ2) is 10.7. The van der Waals surface area contributed by atoms with Crippen LogP contribution in [0.4, 0.5) is 0 Å². The Hall–Kier alpha value is -2.13. The summed E-state index contributed by atoms with van der Waals surface area (Å²) < 4.78 is 5.06. The van der Waals surface area contributed by atoms with Crippen LogP contribution < -0.4 is 0 Å². The van der Waals surface area contributed by atoms with Crippen LogP contribution in [0.5, 0.6) is 0 Å². The number of ether oxygens (including phenoxy) is 1. The average Bonchev–Trinajstić information content (AvgIpc) is 2.66. The third-order valence-corrected chi connectivity index (χ3v) is 4.48. The Morgan fingerprint density at radius 1 is 0.960 bits per heavy atom. The van der Waals surface area contributed by atoms with Crippen molar-refractivity contribution in [1.82, 2.24) is 4.90 Å². The summed E-state index contributed by atoms with van der Waals surface area (Å²) in [7, 11) is 0. The lowest BCUT2D eigenvalue weighted by molar-refractivity contribution is -0.144. The van der Waals surface area contributed by atoms with Gasteiger partial charge in [0.1, 0.15) is 0 Å². The molecule has 2 rings (SSSR count). The monoisotopic (exact) mass is 339 g/mol. The van der Waals surface area contributed by atoms with Gasteiger partial charge in [-0.2, -0.15) is 0 Å².